The van der Waals surface area contributed by atoms with Crippen molar-refractivity contribution in [2.24, 2.45) is 0 Å². The van der Waals surface area contributed by atoms with Gasteiger partial charge in [-0.25, -0.2) is 0 Å². The third kappa shape index (κ3) is 10.9. The number of nitrogens with zero attached hydrogens (tertiary/aromatic N) is 3. The number of thioether (sulfide) groups is 1. The topological polar surface area (TPSA) is 93.4 Å². The highest BCUT2D eigenvalue weighted by Crippen LogP contribution is 2.50. The molecule has 0 radical (unpaired) electrons. The van der Waals surface area contributed by atoms with Crippen LogP contribution in [0.4, 0.5) is 17.1 Å². The first kappa shape index (κ1) is 45.3. The summed E-state index contributed by atoms with van der Waals surface area (Å²) in [6.45, 7) is 5.24. The first-order valence-electron chi connectivity index (χ1n) is 18.9. The van der Waals surface area contributed by atoms with Crippen LogP contribution in [0.3, 0.4) is 0 Å². The molecular formula is C43H38Cl4N3O6S4-. The normalized spacial score (nSPS) is 16.6. The van der Waals surface area contributed by atoms with E-state index in [2.05, 4.69) is 106 Å². The number of halogens is 4. The summed E-state index contributed by atoms with van der Waals surface area (Å²) in [4.78, 5) is 5.57. The van der Waals surface area contributed by atoms with Crippen molar-refractivity contribution in [1.82, 2.24) is 0 Å². The van der Waals surface area contributed by atoms with Crippen molar-refractivity contribution in [1.29, 1.82) is 0 Å². The summed E-state index contributed by atoms with van der Waals surface area (Å²) >= 11 is 31.4. The molecule has 5 aromatic rings. The molecule has 60 heavy (non-hydrogen) atoms. The van der Waals surface area contributed by atoms with Gasteiger partial charge in [0.2, 0.25) is 5.52 Å². The van der Waals surface area contributed by atoms with E-state index in [1.165, 1.54) is 11.1 Å². The van der Waals surface area contributed by atoms with E-state index in [1.54, 1.807) is 23.1 Å². The van der Waals surface area contributed by atoms with Crippen LogP contribution >= 0.6 is 93.6 Å². The van der Waals surface area contributed by atoms with Gasteiger partial charge in [-0.15, -0.1) is 0 Å². The maximum absolute atomic E-state index is 10.5. The van der Waals surface area contributed by atoms with Crippen LogP contribution < -0.4 is 24.9 Å². The SMILES string of the molecule is CC(CCN1/C(=C/C=C2\CCC(/C=C/c3sc4cc(Cl)c(Cl)cc4[n+]3CCC(C)SOO[O-])=C2N(c2ccccc2)c2ccccc2)Sc2cc(Cl)c(Cl)cc21)SOO[O-]. The van der Waals surface area contributed by atoms with E-state index >= 15 is 0 Å². The van der Waals surface area contributed by atoms with Gasteiger partial charge in [-0.05, 0) is 85.0 Å². The number of rotatable bonds is 18. The Morgan fingerprint density at radius 3 is 2.07 bits per heavy atom. The van der Waals surface area contributed by atoms with Crippen molar-refractivity contribution in [3.63, 3.8) is 0 Å². The molecule has 4 aromatic carbocycles. The average molecular weight is 963 g/mol. The van der Waals surface area contributed by atoms with Gasteiger partial charge in [-0.1, -0.05) is 126 Å². The van der Waals surface area contributed by atoms with Crippen LogP contribution in [0.1, 0.15) is 44.5 Å². The summed E-state index contributed by atoms with van der Waals surface area (Å²) in [5, 5.41) is 32.1. The van der Waals surface area contributed by atoms with Crippen molar-refractivity contribution in [3.8, 4) is 0 Å². The number of allylic oxidation sites excluding steroid dienone is 5. The highest BCUT2D eigenvalue weighted by molar-refractivity contribution is 8.03. The highest BCUT2D eigenvalue weighted by Gasteiger charge is 2.30. The molecule has 1 aliphatic carbocycles. The van der Waals surface area contributed by atoms with Gasteiger partial charge >= 0.3 is 0 Å². The van der Waals surface area contributed by atoms with Crippen LogP contribution in [-0.4, -0.2) is 17.0 Å². The van der Waals surface area contributed by atoms with Crippen LogP contribution in [-0.2, 0) is 25.3 Å². The van der Waals surface area contributed by atoms with Crippen LogP contribution in [0, 0.1) is 0 Å². The Balaban J connectivity index is 1.32. The Morgan fingerprint density at radius 2 is 1.40 bits per heavy atom. The van der Waals surface area contributed by atoms with E-state index in [4.69, 9.17) is 46.4 Å². The molecule has 2 atom stereocenters. The minimum Gasteiger partial charge on any atom is -0.691 e. The monoisotopic (exact) mass is 960 g/mol. The second-order valence-corrected chi connectivity index (χ2v) is 19.9. The number of thiazole rings is 1. The van der Waals surface area contributed by atoms with Crippen LogP contribution in [0.25, 0.3) is 16.3 Å². The number of fused-ring (bicyclic) bond motifs is 2. The average Bonchev–Trinajstić information content (AvgIpc) is 3.92. The number of aryl methyl sites for hydroxylation is 1. The smallest absolute Gasteiger partial charge is 0.262 e. The molecule has 0 saturated carbocycles. The molecule has 1 aromatic heterocycles. The third-order valence-corrected chi connectivity index (χ3v) is 15.0. The summed E-state index contributed by atoms with van der Waals surface area (Å²) in [5.74, 6) is 0. The largest absolute Gasteiger partial charge is 0.691 e. The van der Waals surface area contributed by atoms with Gasteiger partial charge in [0.25, 0.3) is 5.01 Å². The lowest BCUT2D eigenvalue weighted by Gasteiger charge is -2.28. The van der Waals surface area contributed by atoms with Crippen LogP contribution in [0.15, 0.2) is 130 Å². The summed E-state index contributed by atoms with van der Waals surface area (Å²) in [5.41, 5.74) is 7.44. The fourth-order valence-electron chi connectivity index (χ4n) is 7.02. The van der Waals surface area contributed by atoms with Gasteiger partial charge in [0.15, 0.2) is 6.54 Å². The fraction of sp³-hybridized carbons (Fsp3) is 0.233. The summed E-state index contributed by atoms with van der Waals surface area (Å²) in [7, 11) is 0. The zero-order valence-electron chi connectivity index (χ0n) is 32.2. The lowest BCUT2D eigenvalue weighted by molar-refractivity contribution is -0.777. The van der Waals surface area contributed by atoms with Crippen molar-refractivity contribution in [2.75, 3.05) is 16.3 Å². The quantitative estimate of drug-likeness (QED) is 0.0364. The van der Waals surface area contributed by atoms with Crippen molar-refractivity contribution in [3.05, 3.63) is 150 Å². The lowest BCUT2D eigenvalue weighted by Crippen LogP contribution is -2.36. The molecular weight excluding hydrogens is 925 g/mol. The molecule has 9 nitrogen and oxygen atoms in total. The van der Waals surface area contributed by atoms with Gasteiger partial charge < -0.3 is 20.3 Å². The fourth-order valence-corrected chi connectivity index (χ4v) is 10.7. The minimum atomic E-state index is -0.0114. The molecule has 0 spiro atoms. The standard InChI is InChI=1S/C43H39Cl4N3O6S4/c1-27(59-55-53-51)19-21-48-37-23-33(44)35(46)25-39(37)57-41(48)17-15-29-13-14-30(43(29)50(31-9-5-3-6-10-31)32-11-7-4-8-12-32)16-18-42-49(22-20-28(2)60-56-54-52)38-24-34(45)36(47)26-40(38)58-42/h3-12,15-18,23-28H,13-14,19-22H2,1-2H3,(H-,51,52)/p-1. The maximum atomic E-state index is 10.5. The first-order chi connectivity index (χ1) is 29.1. The van der Waals surface area contributed by atoms with E-state index in [0.29, 0.717) is 46.0 Å². The number of hydrogen-bond donors (Lipinski definition) is 0. The molecule has 0 amide bonds. The van der Waals surface area contributed by atoms with Gasteiger partial charge in [-0.3, -0.25) is 10.1 Å². The van der Waals surface area contributed by atoms with E-state index < -0.39 is 0 Å². The molecule has 0 saturated heterocycles. The van der Waals surface area contributed by atoms with E-state index in [0.717, 1.165) is 84.8 Å². The molecule has 17 heteroatoms. The highest BCUT2D eigenvalue weighted by atomic mass is 35.5. The number of para-hydroxylation sites is 2. The molecule has 2 heterocycles. The second kappa shape index (κ2) is 21.6. The van der Waals surface area contributed by atoms with Crippen LogP contribution in [0.2, 0.25) is 20.1 Å². The van der Waals surface area contributed by atoms with Crippen molar-refractivity contribution >= 4 is 127 Å². The summed E-state index contributed by atoms with van der Waals surface area (Å²) in [6.07, 6.45) is 11.8. The van der Waals surface area contributed by atoms with Crippen LogP contribution in [0.5, 0.6) is 0 Å². The maximum Gasteiger partial charge on any atom is 0.262 e. The summed E-state index contributed by atoms with van der Waals surface area (Å²) in [6, 6.07) is 28.4. The van der Waals surface area contributed by atoms with E-state index in [9.17, 15) is 10.5 Å². The lowest BCUT2D eigenvalue weighted by atomic mass is 10.1. The van der Waals surface area contributed by atoms with Crippen molar-refractivity contribution in [2.45, 2.75) is 61.5 Å². The molecule has 2 unspecified atom stereocenters. The molecule has 0 N–H and O–H groups in total. The molecule has 1 aliphatic heterocycles. The second-order valence-electron chi connectivity index (χ2n) is 13.9. The Kier molecular flexibility index (Phi) is 16.3. The Labute approximate surface area is 385 Å². The predicted molar refractivity (Wildman–Crippen MR) is 246 cm³/mol. The molecule has 0 bridgehead atoms. The summed E-state index contributed by atoms with van der Waals surface area (Å²) < 4.78 is 12.5. The first-order valence-corrected chi connectivity index (χ1v) is 23.6. The molecule has 2 aliphatic rings. The van der Waals surface area contributed by atoms with Gasteiger partial charge in [0, 0.05) is 76.0 Å². The predicted octanol–water partition coefficient (Wildman–Crippen LogP) is 12.4. The van der Waals surface area contributed by atoms with E-state index in [-0.39, 0.29) is 10.5 Å². The Bertz CT molecular complexity index is 2380. The minimum absolute atomic E-state index is 0.0114. The van der Waals surface area contributed by atoms with Crippen molar-refractivity contribution < 1.29 is 33.8 Å². The van der Waals surface area contributed by atoms with Gasteiger partial charge in [-0.2, -0.15) is 13.2 Å². The van der Waals surface area contributed by atoms with E-state index in [1.807, 2.05) is 50.2 Å². The van der Waals surface area contributed by atoms with Gasteiger partial charge in [0.1, 0.15) is 4.70 Å². The number of aromatic nitrogens is 1. The zero-order valence-corrected chi connectivity index (χ0v) is 38.5. The molecule has 0 fully saturated rings. The van der Waals surface area contributed by atoms with Gasteiger partial charge in [0.05, 0.1) is 36.5 Å². The third-order valence-electron chi connectivity index (χ3n) is 9.91. The molecule has 7 rings (SSSR count). The zero-order chi connectivity index (χ0) is 42.2. The number of benzene rings is 4. The number of anilines is 3. The molecule has 314 valence electrons. The Hall–Kier alpha value is -2.70. The Morgan fingerprint density at radius 1 is 0.783 bits per heavy atom. The number of hydrogen-bond acceptors (Lipinski definition) is 12.